The highest BCUT2D eigenvalue weighted by molar-refractivity contribution is 7.92. The van der Waals surface area contributed by atoms with Gasteiger partial charge in [-0.05, 0) is 55.2 Å². The largest absolute Gasteiger partial charge is 0.492 e. The van der Waals surface area contributed by atoms with Gasteiger partial charge in [0.05, 0.1) is 18.6 Å². The summed E-state index contributed by atoms with van der Waals surface area (Å²) >= 11 is 6.12. The summed E-state index contributed by atoms with van der Waals surface area (Å²) in [5.74, 6) is -0.417. The van der Waals surface area contributed by atoms with Crippen LogP contribution in [-0.4, -0.2) is 56.6 Å². The molecule has 1 atom stereocenters. The minimum absolute atomic E-state index is 0.0499. The Morgan fingerprint density at radius 3 is 2.24 bits per heavy atom. The average molecular weight is 612 g/mol. The Labute approximate surface area is 253 Å². The lowest BCUT2D eigenvalue weighted by Gasteiger charge is -2.34. The van der Waals surface area contributed by atoms with Crippen LogP contribution < -0.4 is 14.4 Å². The van der Waals surface area contributed by atoms with Crippen LogP contribution in [0.15, 0.2) is 78.9 Å². The van der Waals surface area contributed by atoms with E-state index >= 15 is 0 Å². The molecule has 10 heteroatoms. The summed E-state index contributed by atoms with van der Waals surface area (Å²) in [7, 11) is -3.90. The number of halogens is 1. The summed E-state index contributed by atoms with van der Waals surface area (Å²) in [6.07, 6.45) is 5.21. The molecule has 0 heterocycles. The number of ether oxygens (including phenoxy) is 1. The van der Waals surface area contributed by atoms with E-state index in [1.54, 1.807) is 55.5 Å². The molecule has 8 nitrogen and oxygen atoms in total. The van der Waals surface area contributed by atoms with E-state index in [-0.39, 0.29) is 30.6 Å². The van der Waals surface area contributed by atoms with Gasteiger partial charge >= 0.3 is 0 Å². The number of nitrogens with one attached hydrogen (secondary N) is 1. The molecule has 0 radical (unpaired) electrons. The van der Waals surface area contributed by atoms with Gasteiger partial charge in [-0.15, -0.1) is 0 Å². The number of amides is 2. The molecule has 1 saturated carbocycles. The van der Waals surface area contributed by atoms with E-state index < -0.39 is 28.5 Å². The molecule has 0 bridgehead atoms. The maximum atomic E-state index is 14.3. The topological polar surface area (TPSA) is 96.0 Å². The first-order chi connectivity index (χ1) is 20.2. The number of nitrogens with zero attached hydrogens (tertiary/aromatic N) is 2. The van der Waals surface area contributed by atoms with Gasteiger partial charge in [0.1, 0.15) is 18.3 Å². The van der Waals surface area contributed by atoms with Crippen LogP contribution in [-0.2, 0) is 32.6 Å². The minimum atomic E-state index is -3.90. The highest BCUT2D eigenvalue weighted by atomic mass is 35.5. The van der Waals surface area contributed by atoms with Crippen LogP contribution in [0.5, 0.6) is 5.75 Å². The molecule has 0 saturated heterocycles. The number of anilines is 1. The van der Waals surface area contributed by atoms with Crippen molar-refractivity contribution in [3.8, 4) is 5.75 Å². The van der Waals surface area contributed by atoms with E-state index in [4.69, 9.17) is 16.3 Å². The quantitative estimate of drug-likeness (QED) is 0.286. The number of para-hydroxylation sites is 2. The number of sulfonamides is 1. The highest BCUT2D eigenvalue weighted by Gasteiger charge is 2.34. The predicted molar refractivity (Wildman–Crippen MR) is 166 cm³/mol. The zero-order valence-corrected chi connectivity index (χ0v) is 25.6. The second-order valence-electron chi connectivity index (χ2n) is 10.5. The Bertz CT molecular complexity index is 1440. The number of hydrogen-bond acceptors (Lipinski definition) is 5. The molecule has 224 valence electrons. The number of carbonyl (C=O) groups excluding carboxylic acids is 2. The molecule has 2 amide bonds. The molecule has 1 fully saturated rings. The first-order valence-electron chi connectivity index (χ1n) is 14.2. The minimum Gasteiger partial charge on any atom is -0.492 e. The fraction of sp³-hybridized carbons (Fsp3) is 0.375. The Morgan fingerprint density at radius 1 is 0.952 bits per heavy atom. The van der Waals surface area contributed by atoms with Crippen LogP contribution in [0.3, 0.4) is 0 Å². The van der Waals surface area contributed by atoms with Crippen LogP contribution in [0.2, 0.25) is 5.02 Å². The van der Waals surface area contributed by atoms with Gasteiger partial charge < -0.3 is 15.0 Å². The van der Waals surface area contributed by atoms with Crippen molar-refractivity contribution in [1.29, 1.82) is 0 Å². The molecule has 0 aromatic heterocycles. The van der Waals surface area contributed by atoms with Gasteiger partial charge in [0.2, 0.25) is 21.8 Å². The average Bonchev–Trinajstić information content (AvgIpc) is 3.48. The van der Waals surface area contributed by atoms with E-state index in [1.807, 2.05) is 30.3 Å². The third-order valence-electron chi connectivity index (χ3n) is 7.35. The Morgan fingerprint density at radius 2 is 1.60 bits per heavy atom. The van der Waals surface area contributed by atoms with Crippen LogP contribution >= 0.6 is 11.6 Å². The lowest BCUT2D eigenvalue weighted by molar-refractivity contribution is -0.140. The summed E-state index contributed by atoms with van der Waals surface area (Å²) in [5, 5.41) is 3.71. The van der Waals surface area contributed by atoms with Gasteiger partial charge in [-0.1, -0.05) is 79.0 Å². The lowest BCUT2D eigenvalue weighted by atomic mass is 10.0. The van der Waals surface area contributed by atoms with Crippen LogP contribution in [0.1, 0.15) is 43.7 Å². The standard InChI is InChI=1S/C32H38ClN3O5S/c1-3-41-30-16-10-9-15-28(30)36(42(2,39)40)23-31(37)35(22-25-17-19-26(33)20-18-25)29(21-24-11-5-4-6-12-24)32(38)34-27-13-7-8-14-27/h4-6,9-12,15-20,27,29H,3,7-8,13-14,21-23H2,1-2H3,(H,34,38)/t29-/m0/s1. The van der Waals surface area contributed by atoms with Crippen molar-refractivity contribution in [3.05, 3.63) is 95.0 Å². The second kappa shape index (κ2) is 14.6. The van der Waals surface area contributed by atoms with Gasteiger partial charge in [0, 0.05) is 24.0 Å². The zero-order valence-electron chi connectivity index (χ0n) is 24.0. The van der Waals surface area contributed by atoms with Crippen molar-refractivity contribution < 1.29 is 22.7 Å². The molecule has 3 aromatic carbocycles. The maximum Gasteiger partial charge on any atom is 0.244 e. The molecule has 1 aliphatic carbocycles. The van der Waals surface area contributed by atoms with Crippen LogP contribution in [0.4, 0.5) is 5.69 Å². The number of rotatable bonds is 13. The molecule has 3 aromatic rings. The maximum absolute atomic E-state index is 14.3. The molecule has 0 spiro atoms. The van der Waals surface area contributed by atoms with Crippen molar-refractivity contribution in [2.24, 2.45) is 0 Å². The van der Waals surface area contributed by atoms with Gasteiger partial charge in [-0.25, -0.2) is 8.42 Å². The summed E-state index contributed by atoms with van der Waals surface area (Å²) in [4.78, 5) is 29.7. The number of carbonyl (C=O) groups is 2. The number of hydrogen-bond donors (Lipinski definition) is 1. The van der Waals surface area contributed by atoms with Gasteiger partial charge in [-0.3, -0.25) is 13.9 Å². The molecule has 4 rings (SSSR count). The molecule has 1 aliphatic rings. The highest BCUT2D eigenvalue weighted by Crippen LogP contribution is 2.30. The Hall–Kier alpha value is -3.56. The molecular formula is C32H38ClN3O5S. The van der Waals surface area contributed by atoms with E-state index in [0.29, 0.717) is 17.4 Å². The SMILES string of the molecule is CCOc1ccccc1N(CC(=O)N(Cc1ccc(Cl)cc1)[C@@H](Cc1ccccc1)C(=O)NC1CCCC1)S(C)(=O)=O. The van der Waals surface area contributed by atoms with Crippen molar-refractivity contribution in [2.45, 2.75) is 57.7 Å². The van der Waals surface area contributed by atoms with Gasteiger partial charge in [-0.2, -0.15) is 0 Å². The number of benzene rings is 3. The second-order valence-corrected chi connectivity index (χ2v) is 12.9. The molecule has 0 unspecified atom stereocenters. The van der Waals surface area contributed by atoms with Gasteiger partial charge in [0.25, 0.3) is 0 Å². The van der Waals surface area contributed by atoms with E-state index in [1.165, 1.54) is 4.90 Å². The molecule has 1 N–H and O–H groups in total. The molecular weight excluding hydrogens is 574 g/mol. The van der Waals surface area contributed by atoms with E-state index in [0.717, 1.165) is 47.4 Å². The first kappa shape index (κ1) is 31.4. The van der Waals surface area contributed by atoms with Gasteiger partial charge in [0.15, 0.2) is 0 Å². The van der Waals surface area contributed by atoms with Crippen molar-refractivity contribution in [1.82, 2.24) is 10.2 Å². The van der Waals surface area contributed by atoms with Crippen molar-refractivity contribution in [2.75, 3.05) is 23.7 Å². The predicted octanol–water partition coefficient (Wildman–Crippen LogP) is 5.20. The fourth-order valence-electron chi connectivity index (χ4n) is 5.24. The Kier molecular flexibility index (Phi) is 10.9. The van der Waals surface area contributed by atoms with Crippen molar-refractivity contribution in [3.63, 3.8) is 0 Å². The van der Waals surface area contributed by atoms with Crippen LogP contribution in [0.25, 0.3) is 0 Å². The third-order valence-corrected chi connectivity index (χ3v) is 8.73. The molecule has 42 heavy (non-hydrogen) atoms. The van der Waals surface area contributed by atoms with Crippen molar-refractivity contribution >= 4 is 39.1 Å². The molecule has 0 aliphatic heterocycles. The van der Waals surface area contributed by atoms with E-state index in [2.05, 4.69) is 5.32 Å². The smallest absolute Gasteiger partial charge is 0.244 e. The summed E-state index contributed by atoms with van der Waals surface area (Å²) in [6, 6.07) is 22.5. The summed E-state index contributed by atoms with van der Waals surface area (Å²) < 4.78 is 32.9. The lowest BCUT2D eigenvalue weighted by Crippen LogP contribution is -2.54. The first-order valence-corrected chi connectivity index (χ1v) is 16.5. The summed E-state index contributed by atoms with van der Waals surface area (Å²) in [6.45, 7) is 1.72. The van der Waals surface area contributed by atoms with E-state index in [9.17, 15) is 18.0 Å². The monoisotopic (exact) mass is 611 g/mol. The normalized spacial score (nSPS) is 14.3. The van der Waals surface area contributed by atoms with Crippen LogP contribution in [0, 0.1) is 0 Å². The zero-order chi connectivity index (χ0) is 30.1. The third kappa shape index (κ3) is 8.49. The Balaban J connectivity index is 1.73. The summed E-state index contributed by atoms with van der Waals surface area (Å²) in [5.41, 5.74) is 1.91. The fourth-order valence-corrected chi connectivity index (χ4v) is 6.22.